The number of halogens is 1. The number of ether oxygens (including phenoxy) is 1. The summed E-state index contributed by atoms with van der Waals surface area (Å²) in [5.41, 5.74) is 2.10. The highest BCUT2D eigenvalue weighted by molar-refractivity contribution is 8.00. The van der Waals surface area contributed by atoms with E-state index in [1.54, 1.807) is 17.7 Å². The zero-order valence-corrected chi connectivity index (χ0v) is 17.0. The summed E-state index contributed by atoms with van der Waals surface area (Å²) in [5, 5.41) is 4.20. The van der Waals surface area contributed by atoms with Crippen molar-refractivity contribution >= 4 is 50.9 Å². The van der Waals surface area contributed by atoms with Gasteiger partial charge in [0.1, 0.15) is 21.4 Å². The number of unbranched alkanes of at least 4 members (excludes halogenated alkanes) is 1. The molecule has 0 spiro atoms. The van der Waals surface area contributed by atoms with Crippen molar-refractivity contribution in [3.8, 4) is 11.1 Å². The Morgan fingerprint density at radius 1 is 1.31 bits per heavy atom. The molecule has 2 heterocycles. The largest absolute Gasteiger partial charge is 0.465 e. The molecular formula is C19H19ClN2O2S2. The quantitative estimate of drug-likeness (QED) is 0.213. The fourth-order valence-electron chi connectivity index (χ4n) is 2.43. The summed E-state index contributed by atoms with van der Waals surface area (Å²) in [4.78, 5) is 21.9. The molecule has 0 fully saturated rings. The minimum atomic E-state index is -0.331. The number of hydrogen-bond donors (Lipinski definition) is 0. The van der Waals surface area contributed by atoms with Crippen LogP contribution in [0.1, 0.15) is 26.7 Å². The first-order valence-electron chi connectivity index (χ1n) is 8.41. The number of thioether (sulfide) groups is 1. The van der Waals surface area contributed by atoms with Gasteiger partial charge in [0, 0.05) is 16.0 Å². The smallest absolute Gasteiger partial charge is 0.319 e. The van der Waals surface area contributed by atoms with Crippen molar-refractivity contribution < 1.29 is 9.53 Å². The lowest BCUT2D eigenvalue weighted by atomic mass is 10.1. The minimum absolute atomic E-state index is 0.210. The highest BCUT2D eigenvalue weighted by Gasteiger charge is 2.20. The summed E-state index contributed by atoms with van der Waals surface area (Å²) < 4.78 is 5.32. The van der Waals surface area contributed by atoms with E-state index >= 15 is 0 Å². The number of aromatic nitrogens is 2. The van der Waals surface area contributed by atoms with E-state index in [9.17, 15) is 4.79 Å². The van der Waals surface area contributed by atoms with Crippen LogP contribution >= 0.6 is 34.7 Å². The van der Waals surface area contributed by atoms with Gasteiger partial charge in [-0.2, -0.15) is 0 Å². The Morgan fingerprint density at radius 3 is 2.81 bits per heavy atom. The zero-order chi connectivity index (χ0) is 18.5. The molecule has 0 bridgehead atoms. The van der Waals surface area contributed by atoms with Crippen LogP contribution in [0.4, 0.5) is 0 Å². The molecule has 0 N–H and O–H groups in total. The first kappa shape index (κ1) is 19.1. The summed E-state index contributed by atoms with van der Waals surface area (Å²) in [6.45, 7) is 4.38. The first-order chi connectivity index (χ1) is 12.6. The molecule has 0 saturated heterocycles. The van der Waals surface area contributed by atoms with E-state index in [0.29, 0.717) is 11.6 Å². The van der Waals surface area contributed by atoms with Crippen LogP contribution in [0.15, 0.2) is 41.0 Å². The third-order valence-corrected chi connectivity index (χ3v) is 6.07. The molecule has 26 heavy (non-hydrogen) atoms. The maximum atomic E-state index is 12.2. The normalized spacial score (nSPS) is 12.3. The van der Waals surface area contributed by atoms with Gasteiger partial charge in [-0.25, -0.2) is 9.97 Å². The minimum Gasteiger partial charge on any atom is -0.465 e. The monoisotopic (exact) mass is 406 g/mol. The SMILES string of the molecule is CCCCOC(=O)C(C)Sc1ncnc2scc(-c3ccc(Cl)cc3)c12. The summed E-state index contributed by atoms with van der Waals surface area (Å²) >= 11 is 8.98. The molecule has 136 valence electrons. The Hall–Kier alpha value is -1.63. The zero-order valence-electron chi connectivity index (χ0n) is 14.6. The number of hydrogen-bond acceptors (Lipinski definition) is 6. The van der Waals surface area contributed by atoms with Crippen LogP contribution < -0.4 is 0 Å². The van der Waals surface area contributed by atoms with Gasteiger partial charge in [-0.15, -0.1) is 11.3 Å². The molecule has 4 nitrogen and oxygen atoms in total. The van der Waals surface area contributed by atoms with Crippen LogP contribution in [-0.2, 0) is 9.53 Å². The Labute approximate surface area is 166 Å². The van der Waals surface area contributed by atoms with Crippen LogP contribution in [0.2, 0.25) is 5.02 Å². The second-order valence-electron chi connectivity index (χ2n) is 5.80. The van der Waals surface area contributed by atoms with Crippen molar-refractivity contribution in [1.82, 2.24) is 9.97 Å². The summed E-state index contributed by atoms with van der Waals surface area (Å²) in [6.07, 6.45) is 3.43. The average Bonchev–Trinajstić information content (AvgIpc) is 3.07. The predicted octanol–water partition coefficient (Wildman–Crippen LogP) is 5.84. The topological polar surface area (TPSA) is 52.1 Å². The first-order valence-corrected chi connectivity index (χ1v) is 10.5. The molecule has 1 unspecified atom stereocenters. The highest BCUT2D eigenvalue weighted by Crippen LogP contribution is 2.39. The van der Waals surface area contributed by atoms with Gasteiger partial charge in [-0.1, -0.05) is 48.8 Å². The third-order valence-electron chi connectivity index (χ3n) is 3.85. The number of carbonyl (C=O) groups is 1. The average molecular weight is 407 g/mol. The maximum Gasteiger partial charge on any atom is 0.319 e. The number of carbonyl (C=O) groups excluding carboxylic acids is 1. The van der Waals surface area contributed by atoms with E-state index < -0.39 is 0 Å². The molecule has 3 aromatic rings. The van der Waals surface area contributed by atoms with Crippen molar-refractivity contribution in [3.63, 3.8) is 0 Å². The molecule has 0 aliphatic rings. The lowest BCUT2D eigenvalue weighted by Gasteiger charge is -2.11. The molecule has 0 radical (unpaired) electrons. The summed E-state index contributed by atoms with van der Waals surface area (Å²) in [5.74, 6) is -0.210. The van der Waals surface area contributed by atoms with Crippen molar-refractivity contribution in [2.75, 3.05) is 6.61 Å². The number of esters is 1. The predicted molar refractivity (Wildman–Crippen MR) is 109 cm³/mol. The van der Waals surface area contributed by atoms with Crippen molar-refractivity contribution in [2.45, 2.75) is 37.0 Å². The molecule has 1 aromatic carbocycles. The standard InChI is InChI=1S/C19H19ClN2O2S2/c1-3-4-9-24-19(23)12(2)26-18-16-15(10-25-17(16)21-11-22-18)13-5-7-14(20)8-6-13/h5-8,10-12H,3-4,9H2,1-2H3. The number of benzene rings is 1. The number of rotatable bonds is 7. The van der Waals surface area contributed by atoms with E-state index in [-0.39, 0.29) is 11.2 Å². The number of thiophene rings is 1. The number of fused-ring (bicyclic) bond motifs is 1. The summed E-state index contributed by atoms with van der Waals surface area (Å²) in [6, 6.07) is 7.69. The second kappa shape index (κ2) is 8.84. The Morgan fingerprint density at radius 2 is 2.08 bits per heavy atom. The van der Waals surface area contributed by atoms with E-state index in [0.717, 1.165) is 39.2 Å². The van der Waals surface area contributed by atoms with E-state index in [4.69, 9.17) is 16.3 Å². The molecular weight excluding hydrogens is 388 g/mol. The van der Waals surface area contributed by atoms with Gasteiger partial charge in [0.05, 0.1) is 12.0 Å². The molecule has 7 heteroatoms. The third kappa shape index (κ3) is 4.37. The van der Waals surface area contributed by atoms with Gasteiger partial charge in [0.15, 0.2) is 0 Å². The van der Waals surface area contributed by atoms with Crippen LogP contribution in [0.5, 0.6) is 0 Å². The van der Waals surface area contributed by atoms with Gasteiger partial charge in [0.2, 0.25) is 0 Å². The van der Waals surface area contributed by atoms with Gasteiger partial charge in [0.25, 0.3) is 0 Å². The second-order valence-corrected chi connectivity index (χ2v) is 8.42. The Bertz CT molecular complexity index is 896. The molecule has 0 amide bonds. The van der Waals surface area contributed by atoms with Gasteiger partial charge in [-0.3, -0.25) is 4.79 Å². The van der Waals surface area contributed by atoms with Crippen LogP contribution in [0.25, 0.3) is 21.3 Å². The molecule has 0 aliphatic carbocycles. The lowest BCUT2D eigenvalue weighted by molar-refractivity contribution is -0.142. The van der Waals surface area contributed by atoms with E-state index in [1.807, 2.05) is 31.2 Å². The maximum absolute atomic E-state index is 12.2. The Balaban J connectivity index is 1.88. The molecule has 2 aromatic heterocycles. The van der Waals surface area contributed by atoms with E-state index in [2.05, 4.69) is 22.3 Å². The Kier molecular flexibility index (Phi) is 6.51. The number of nitrogens with zero attached hydrogens (tertiary/aromatic N) is 2. The van der Waals surface area contributed by atoms with Crippen molar-refractivity contribution in [3.05, 3.63) is 41.0 Å². The fourth-order valence-corrected chi connectivity index (χ4v) is 4.47. The van der Waals surface area contributed by atoms with Crippen LogP contribution in [0.3, 0.4) is 0 Å². The fraction of sp³-hybridized carbons (Fsp3) is 0.316. The van der Waals surface area contributed by atoms with Gasteiger partial charge < -0.3 is 4.74 Å². The van der Waals surface area contributed by atoms with Gasteiger partial charge in [-0.05, 0) is 31.0 Å². The summed E-state index contributed by atoms with van der Waals surface area (Å²) in [7, 11) is 0. The van der Waals surface area contributed by atoms with Crippen molar-refractivity contribution in [2.24, 2.45) is 0 Å². The van der Waals surface area contributed by atoms with Crippen LogP contribution in [-0.4, -0.2) is 27.8 Å². The molecule has 0 aliphatic heterocycles. The van der Waals surface area contributed by atoms with Gasteiger partial charge >= 0.3 is 5.97 Å². The molecule has 0 saturated carbocycles. The lowest BCUT2D eigenvalue weighted by Crippen LogP contribution is -2.17. The van der Waals surface area contributed by atoms with Crippen molar-refractivity contribution in [1.29, 1.82) is 0 Å². The molecule has 1 atom stereocenters. The molecule has 3 rings (SSSR count). The van der Waals surface area contributed by atoms with Crippen LogP contribution in [0, 0.1) is 0 Å². The highest BCUT2D eigenvalue weighted by atomic mass is 35.5. The van der Waals surface area contributed by atoms with E-state index in [1.165, 1.54) is 11.8 Å².